The van der Waals surface area contributed by atoms with Crippen LogP contribution in [0.2, 0.25) is 0 Å². The van der Waals surface area contributed by atoms with Gasteiger partial charge in [0.25, 0.3) is 7.82 Å². The largest absolute Gasteiger partial charge is 0.756 e. The third kappa shape index (κ3) is 34.4. The Bertz CT molecular complexity index is 830. The van der Waals surface area contributed by atoms with Gasteiger partial charge in [0.15, 0.2) is 6.10 Å². The maximum absolute atomic E-state index is 12.6. The number of hydrogen-bond acceptors (Lipinski definition) is 8. The van der Waals surface area contributed by atoms with Crippen molar-refractivity contribution in [3.63, 3.8) is 0 Å². The summed E-state index contributed by atoms with van der Waals surface area (Å²) in [5.41, 5.74) is 0. The van der Waals surface area contributed by atoms with Crippen LogP contribution in [0.5, 0.6) is 0 Å². The maximum Gasteiger partial charge on any atom is 0.306 e. The Balaban J connectivity index is 4.42. The molecule has 0 fully saturated rings. The second-order valence-electron chi connectivity index (χ2n) is 13.9. The average Bonchev–Trinajstić information content (AvgIpc) is 3.01. The lowest BCUT2D eigenvalue weighted by Gasteiger charge is -2.28. The zero-order valence-corrected chi connectivity index (χ0v) is 31.9. The molecule has 0 spiro atoms. The second kappa shape index (κ2) is 30.8. The van der Waals surface area contributed by atoms with Crippen LogP contribution >= 0.6 is 7.82 Å². The summed E-state index contributed by atoms with van der Waals surface area (Å²) < 4.78 is 33.6. The van der Waals surface area contributed by atoms with Crippen LogP contribution in [-0.2, 0) is 32.7 Å². The molecule has 9 nitrogen and oxygen atoms in total. The first-order valence-corrected chi connectivity index (χ1v) is 20.4. The van der Waals surface area contributed by atoms with Gasteiger partial charge in [-0.3, -0.25) is 14.2 Å². The van der Waals surface area contributed by atoms with E-state index in [2.05, 4.69) is 26.0 Å². The predicted octanol–water partition coefficient (Wildman–Crippen LogP) is 9.22. The maximum atomic E-state index is 12.6. The van der Waals surface area contributed by atoms with E-state index in [4.69, 9.17) is 18.5 Å². The molecule has 278 valence electrons. The van der Waals surface area contributed by atoms with Crippen LogP contribution in [0.4, 0.5) is 0 Å². The Morgan fingerprint density at radius 2 is 1.09 bits per heavy atom. The SMILES string of the molecule is CCCCCCCC/C=C/CCCCCCCC(=O)O[C@H](COC(=O)CCCCCCCCCC)COP(=O)([O-])OCC[N+](C)(C)C. The van der Waals surface area contributed by atoms with E-state index in [1.807, 2.05) is 21.1 Å². The zero-order chi connectivity index (χ0) is 35.1. The zero-order valence-electron chi connectivity index (χ0n) is 31.0. The third-order valence-corrected chi connectivity index (χ3v) is 9.00. The fourth-order valence-electron chi connectivity index (χ4n) is 5.00. The molecule has 0 radical (unpaired) electrons. The van der Waals surface area contributed by atoms with Crippen molar-refractivity contribution in [2.45, 2.75) is 168 Å². The van der Waals surface area contributed by atoms with Gasteiger partial charge >= 0.3 is 11.9 Å². The number of esters is 2. The summed E-state index contributed by atoms with van der Waals surface area (Å²) in [6, 6.07) is 0. The Hall–Kier alpha value is -1.25. The summed E-state index contributed by atoms with van der Waals surface area (Å²) >= 11 is 0. The number of rotatable bonds is 34. The third-order valence-electron chi connectivity index (χ3n) is 8.04. The molecule has 0 heterocycles. The molecule has 1 unspecified atom stereocenters. The van der Waals surface area contributed by atoms with Gasteiger partial charge in [-0.15, -0.1) is 0 Å². The van der Waals surface area contributed by atoms with Gasteiger partial charge in [0.1, 0.15) is 19.8 Å². The molecule has 10 heteroatoms. The first-order valence-electron chi connectivity index (χ1n) is 18.9. The van der Waals surface area contributed by atoms with Crippen LogP contribution in [0.3, 0.4) is 0 Å². The van der Waals surface area contributed by atoms with Crippen LogP contribution < -0.4 is 4.89 Å². The first kappa shape index (κ1) is 45.8. The summed E-state index contributed by atoms with van der Waals surface area (Å²) in [6.45, 7) is 4.17. The monoisotopic (exact) mass is 689 g/mol. The number of carbonyl (C=O) groups excluding carboxylic acids is 2. The van der Waals surface area contributed by atoms with E-state index >= 15 is 0 Å². The minimum Gasteiger partial charge on any atom is -0.756 e. The fourth-order valence-corrected chi connectivity index (χ4v) is 5.73. The molecule has 0 N–H and O–H groups in total. The highest BCUT2D eigenvalue weighted by atomic mass is 31.2. The Morgan fingerprint density at radius 1 is 0.638 bits per heavy atom. The van der Waals surface area contributed by atoms with Gasteiger partial charge in [0.2, 0.25) is 0 Å². The molecule has 0 saturated heterocycles. The molecule has 2 atom stereocenters. The molecule has 0 aromatic carbocycles. The average molecular weight is 690 g/mol. The molecule has 47 heavy (non-hydrogen) atoms. The summed E-state index contributed by atoms with van der Waals surface area (Å²) in [6.07, 6.45) is 28.2. The number of phosphoric ester groups is 1. The van der Waals surface area contributed by atoms with Crippen molar-refractivity contribution in [1.82, 2.24) is 0 Å². The number of hydrogen-bond donors (Lipinski definition) is 0. The van der Waals surface area contributed by atoms with Crippen LogP contribution in [0.25, 0.3) is 0 Å². The molecule has 0 saturated carbocycles. The van der Waals surface area contributed by atoms with E-state index in [0.717, 1.165) is 51.4 Å². The lowest BCUT2D eigenvalue weighted by molar-refractivity contribution is -0.870. The van der Waals surface area contributed by atoms with Crippen molar-refractivity contribution < 1.29 is 42.1 Å². The number of unbranched alkanes of at least 4 members (excludes halogenated alkanes) is 18. The van der Waals surface area contributed by atoms with Gasteiger partial charge in [-0.2, -0.15) is 0 Å². The van der Waals surface area contributed by atoms with Crippen molar-refractivity contribution in [3.05, 3.63) is 12.2 Å². The normalized spacial score (nSPS) is 13.9. The molecule has 0 aromatic rings. The van der Waals surface area contributed by atoms with Crippen LogP contribution in [0.1, 0.15) is 162 Å². The summed E-state index contributed by atoms with van der Waals surface area (Å²) in [5, 5.41) is 0. The Labute approximate surface area is 288 Å². The van der Waals surface area contributed by atoms with Crippen LogP contribution in [-0.4, -0.2) is 70.0 Å². The highest BCUT2D eigenvalue weighted by molar-refractivity contribution is 7.45. The van der Waals surface area contributed by atoms with Crippen molar-refractivity contribution in [1.29, 1.82) is 0 Å². The molecule has 0 aromatic heterocycles. The summed E-state index contributed by atoms with van der Waals surface area (Å²) in [4.78, 5) is 37.2. The van der Waals surface area contributed by atoms with Crippen LogP contribution in [0.15, 0.2) is 12.2 Å². The second-order valence-corrected chi connectivity index (χ2v) is 15.4. The molecular weight excluding hydrogens is 617 g/mol. The minimum atomic E-state index is -4.61. The van der Waals surface area contributed by atoms with Gasteiger partial charge in [-0.05, 0) is 38.5 Å². The number of quaternary nitrogens is 1. The Morgan fingerprint density at radius 3 is 1.57 bits per heavy atom. The van der Waals surface area contributed by atoms with Crippen molar-refractivity contribution in [2.75, 3.05) is 47.5 Å². The summed E-state index contributed by atoms with van der Waals surface area (Å²) in [7, 11) is 1.16. The van der Waals surface area contributed by atoms with E-state index in [1.165, 1.54) is 77.0 Å². The van der Waals surface area contributed by atoms with E-state index < -0.39 is 32.5 Å². The standard InChI is InChI=1S/C37H72NO8P/c1-6-8-10-12-14-16-17-18-19-20-21-22-24-26-28-30-37(40)46-35(34-45-47(41,42)44-32-31-38(3,4)5)33-43-36(39)29-27-25-23-15-13-11-9-7-2/h18-19,35H,6-17,20-34H2,1-5H3/b19-18+/t35-/m1/s1. The van der Waals surface area contributed by atoms with Gasteiger partial charge in [-0.25, -0.2) is 0 Å². The smallest absolute Gasteiger partial charge is 0.306 e. The van der Waals surface area contributed by atoms with E-state index in [-0.39, 0.29) is 26.1 Å². The first-order chi connectivity index (χ1) is 22.5. The van der Waals surface area contributed by atoms with Crippen molar-refractivity contribution in [2.24, 2.45) is 0 Å². The van der Waals surface area contributed by atoms with Gasteiger partial charge in [0.05, 0.1) is 27.7 Å². The number of allylic oxidation sites excluding steroid dienone is 2. The highest BCUT2D eigenvalue weighted by Gasteiger charge is 2.21. The number of ether oxygens (including phenoxy) is 2. The molecule has 0 bridgehead atoms. The van der Waals surface area contributed by atoms with Crippen molar-refractivity contribution in [3.8, 4) is 0 Å². The minimum absolute atomic E-state index is 0.0300. The number of likely N-dealkylation sites (N-methyl/N-ethyl adjacent to an activating group) is 1. The number of carbonyl (C=O) groups is 2. The molecule has 0 amide bonds. The molecular formula is C37H72NO8P. The Kier molecular flexibility index (Phi) is 30.0. The molecule has 0 rings (SSSR count). The summed E-state index contributed by atoms with van der Waals surface area (Å²) in [5.74, 6) is -0.846. The molecule has 0 aliphatic carbocycles. The van der Waals surface area contributed by atoms with Gasteiger partial charge in [-0.1, -0.05) is 122 Å². The quantitative estimate of drug-likeness (QED) is 0.0216. The van der Waals surface area contributed by atoms with E-state index in [1.54, 1.807) is 0 Å². The van der Waals surface area contributed by atoms with E-state index in [9.17, 15) is 19.0 Å². The predicted molar refractivity (Wildman–Crippen MR) is 190 cm³/mol. The van der Waals surface area contributed by atoms with Gasteiger partial charge in [0, 0.05) is 12.8 Å². The van der Waals surface area contributed by atoms with Crippen molar-refractivity contribution >= 4 is 19.8 Å². The number of phosphoric acid groups is 1. The molecule has 0 aliphatic rings. The molecule has 0 aliphatic heterocycles. The fraction of sp³-hybridized carbons (Fsp3) is 0.892. The lowest BCUT2D eigenvalue weighted by Crippen LogP contribution is -2.37. The highest BCUT2D eigenvalue weighted by Crippen LogP contribution is 2.38. The van der Waals surface area contributed by atoms with E-state index in [0.29, 0.717) is 17.4 Å². The lowest BCUT2D eigenvalue weighted by atomic mass is 10.1. The van der Waals surface area contributed by atoms with Gasteiger partial charge < -0.3 is 27.9 Å². The number of nitrogens with zero attached hydrogens (tertiary/aromatic N) is 1. The topological polar surface area (TPSA) is 111 Å². The van der Waals surface area contributed by atoms with Crippen LogP contribution in [0, 0.1) is 0 Å².